The summed E-state index contributed by atoms with van der Waals surface area (Å²) in [5, 5.41) is 2.68. The first-order chi connectivity index (χ1) is 16.3. The number of benzene rings is 4. The van der Waals surface area contributed by atoms with Gasteiger partial charge in [0.1, 0.15) is 0 Å². The lowest BCUT2D eigenvalue weighted by Crippen LogP contribution is -2.38. The molecule has 0 aliphatic heterocycles. The van der Waals surface area contributed by atoms with Crippen molar-refractivity contribution in [2.45, 2.75) is 13.3 Å². The summed E-state index contributed by atoms with van der Waals surface area (Å²) in [5.74, 6) is 0.355. The number of allylic oxidation sites excluding steroid dienone is 4. The van der Waals surface area contributed by atoms with Gasteiger partial charge in [-0.2, -0.15) is 0 Å². The minimum absolute atomic E-state index is 0.355. The minimum Gasteiger partial charge on any atom is -0.0836 e. The fourth-order valence-electron chi connectivity index (χ4n) is 5.32. The van der Waals surface area contributed by atoms with Crippen LogP contribution in [0.3, 0.4) is 0 Å². The fraction of sp³-hybridized carbons (Fsp3) is 0.0909. The van der Waals surface area contributed by atoms with E-state index < -0.39 is 0 Å². The van der Waals surface area contributed by atoms with Crippen molar-refractivity contribution in [2.24, 2.45) is 5.92 Å². The van der Waals surface area contributed by atoms with E-state index in [0.29, 0.717) is 5.92 Å². The molecule has 0 heteroatoms. The molecule has 6 rings (SSSR count). The molecule has 0 N–H and O–H groups in total. The second-order valence-corrected chi connectivity index (χ2v) is 8.99. The van der Waals surface area contributed by atoms with Gasteiger partial charge in [0.25, 0.3) is 0 Å². The van der Waals surface area contributed by atoms with Crippen LogP contribution in [0.5, 0.6) is 0 Å². The Morgan fingerprint density at radius 2 is 1.27 bits per heavy atom. The van der Waals surface area contributed by atoms with Gasteiger partial charge in [0.2, 0.25) is 0 Å². The van der Waals surface area contributed by atoms with Crippen molar-refractivity contribution in [3.8, 4) is 11.1 Å². The first-order valence-corrected chi connectivity index (χ1v) is 11.7. The molecular weight excluding hydrogens is 396 g/mol. The average Bonchev–Trinajstić information content (AvgIpc) is 2.88. The average molecular weight is 423 g/mol. The summed E-state index contributed by atoms with van der Waals surface area (Å²) in [6, 6.07) is 37.7. The molecule has 0 nitrogen and oxygen atoms in total. The van der Waals surface area contributed by atoms with E-state index in [4.69, 9.17) is 0 Å². The first kappa shape index (κ1) is 19.8. The molecule has 1 atom stereocenters. The fourth-order valence-corrected chi connectivity index (χ4v) is 5.32. The van der Waals surface area contributed by atoms with Crippen molar-refractivity contribution in [2.75, 3.05) is 0 Å². The van der Waals surface area contributed by atoms with E-state index in [9.17, 15) is 0 Å². The third-order valence-corrected chi connectivity index (χ3v) is 6.91. The highest BCUT2D eigenvalue weighted by molar-refractivity contribution is 5.89. The molecule has 33 heavy (non-hydrogen) atoms. The van der Waals surface area contributed by atoms with Crippen LogP contribution >= 0.6 is 0 Å². The highest BCUT2D eigenvalue weighted by Crippen LogP contribution is 2.40. The molecule has 0 radical (unpaired) electrons. The molecule has 0 fully saturated rings. The van der Waals surface area contributed by atoms with Gasteiger partial charge < -0.3 is 0 Å². The van der Waals surface area contributed by atoms with Crippen molar-refractivity contribution < 1.29 is 0 Å². The normalized spacial score (nSPS) is 16.8. The van der Waals surface area contributed by atoms with Gasteiger partial charge in [-0.15, -0.1) is 0 Å². The summed E-state index contributed by atoms with van der Waals surface area (Å²) in [4.78, 5) is 0. The molecule has 0 saturated heterocycles. The Bertz CT molecular complexity index is 1500. The van der Waals surface area contributed by atoms with Crippen LogP contribution in [0, 0.1) is 12.8 Å². The molecule has 2 aliphatic carbocycles. The molecular formula is C33H26. The maximum atomic E-state index is 2.42. The summed E-state index contributed by atoms with van der Waals surface area (Å²) < 4.78 is 0. The number of hydrogen-bond donors (Lipinski definition) is 0. The van der Waals surface area contributed by atoms with E-state index >= 15 is 0 Å². The van der Waals surface area contributed by atoms with Crippen molar-refractivity contribution in [3.63, 3.8) is 0 Å². The molecule has 0 amide bonds. The van der Waals surface area contributed by atoms with Crippen molar-refractivity contribution in [1.82, 2.24) is 0 Å². The molecule has 158 valence electrons. The zero-order valence-electron chi connectivity index (χ0n) is 18.8. The molecule has 0 bridgehead atoms. The largest absolute Gasteiger partial charge is 0.0836 e. The third kappa shape index (κ3) is 3.49. The maximum absolute atomic E-state index is 2.42. The Hall–Kier alpha value is -3.90. The number of fused-ring (bicyclic) bond motifs is 2. The Balaban J connectivity index is 1.75. The van der Waals surface area contributed by atoms with Crippen LogP contribution < -0.4 is 10.4 Å². The summed E-state index contributed by atoms with van der Waals surface area (Å²) in [6.07, 6.45) is 7.90. The molecule has 4 aromatic carbocycles. The van der Waals surface area contributed by atoms with Crippen LogP contribution in [-0.2, 0) is 0 Å². The van der Waals surface area contributed by atoms with Crippen LogP contribution in [0.1, 0.15) is 23.1 Å². The molecule has 0 aromatic heterocycles. The summed E-state index contributed by atoms with van der Waals surface area (Å²) >= 11 is 0. The Kier molecular flexibility index (Phi) is 4.92. The van der Waals surface area contributed by atoms with Gasteiger partial charge in [-0.1, -0.05) is 121 Å². The monoisotopic (exact) mass is 422 g/mol. The van der Waals surface area contributed by atoms with Crippen LogP contribution in [0.25, 0.3) is 22.3 Å². The summed E-state index contributed by atoms with van der Waals surface area (Å²) in [5.41, 5.74) is 10.7. The predicted molar refractivity (Wildman–Crippen MR) is 139 cm³/mol. The van der Waals surface area contributed by atoms with Crippen LogP contribution in [-0.4, -0.2) is 0 Å². The molecule has 0 saturated carbocycles. The van der Waals surface area contributed by atoms with Gasteiger partial charge in [-0.3, -0.25) is 0 Å². The van der Waals surface area contributed by atoms with Crippen LogP contribution in [0.15, 0.2) is 127 Å². The van der Waals surface area contributed by atoms with E-state index in [0.717, 1.165) is 6.42 Å². The highest BCUT2D eigenvalue weighted by atomic mass is 14.3. The predicted octanol–water partition coefficient (Wildman–Crippen LogP) is 6.58. The second-order valence-electron chi connectivity index (χ2n) is 8.99. The quantitative estimate of drug-likeness (QED) is 0.350. The van der Waals surface area contributed by atoms with E-state index in [1.165, 1.54) is 55.0 Å². The zero-order valence-corrected chi connectivity index (χ0v) is 18.8. The topological polar surface area (TPSA) is 0 Å². The molecule has 1 unspecified atom stereocenters. The van der Waals surface area contributed by atoms with E-state index in [1.54, 1.807) is 0 Å². The summed E-state index contributed by atoms with van der Waals surface area (Å²) in [7, 11) is 0. The van der Waals surface area contributed by atoms with Gasteiger partial charge >= 0.3 is 0 Å². The lowest BCUT2D eigenvalue weighted by atomic mass is 9.72. The van der Waals surface area contributed by atoms with E-state index in [2.05, 4.69) is 128 Å². The van der Waals surface area contributed by atoms with Gasteiger partial charge in [0.05, 0.1) is 0 Å². The van der Waals surface area contributed by atoms with Gasteiger partial charge in [0, 0.05) is 5.92 Å². The molecule has 2 aliphatic rings. The Morgan fingerprint density at radius 3 is 2.00 bits per heavy atom. The van der Waals surface area contributed by atoms with Crippen molar-refractivity contribution in [1.29, 1.82) is 0 Å². The second kappa shape index (κ2) is 8.22. The maximum Gasteiger partial charge on any atom is 0.0142 e. The smallest absolute Gasteiger partial charge is 0.0142 e. The Morgan fingerprint density at radius 1 is 0.606 bits per heavy atom. The third-order valence-electron chi connectivity index (χ3n) is 6.91. The standard InChI is InChI=1S/C33H26/c1-23-16-18-24(19-17-23)27-20-21-30-31(22-27)33(26-12-6-3-7-13-26)29-15-9-8-14-28(29)32(30)25-10-4-2-5-11-25/h2-14,16-22,29H,15H2,1H3. The molecule has 4 aromatic rings. The molecule has 0 heterocycles. The van der Waals surface area contributed by atoms with Gasteiger partial charge in [0.15, 0.2) is 0 Å². The van der Waals surface area contributed by atoms with Gasteiger partial charge in [-0.05, 0) is 68.8 Å². The number of aryl methyl sites for hydroxylation is 1. The highest BCUT2D eigenvalue weighted by Gasteiger charge is 2.29. The van der Waals surface area contributed by atoms with Crippen molar-refractivity contribution in [3.05, 3.63) is 154 Å². The SMILES string of the molecule is Cc1ccc(-c2ccc3c(c2)=C(c2ccccc2)C2CC=CC=C2C=3c2ccccc2)cc1. The van der Waals surface area contributed by atoms with E-state index in [1.807, 2.05) is 0 Å². The zero-order chi connectivity index (χ0) is 22.2. The van der Waals surface area contributed by atoms with Gasteiger partial charge in [-0.25, -0.2) is 0 Å². The molecule has 0 spiro atoms. The number of rotatable bonds is 3. The lowest BCUT2D eigenvalue weighted by molar-refractivity contribution is 0.798. The Labute approximate surface area is 195 Å². The van der Waals surface area contributed by atoms with Crippen molar-refractivity contribution >= 4 is 11.1 Å². The minimum atomic E-state index is 0.355. The van der Waals surface area contributed by atoms with Crippen LogP contribution in [0.2, 0.25) is 0 Å². The van der Waals surface area contributed by atoms with E-state index in [-0.39, 0.29) is 0 Å². The van der Waals surface area contributed by atoms with Crippen LogP contribution in [0.4, 0.5) is 0 Å². The first-order valence-electron chi connectivity index (χ1n) is 11.7. The summed E-state index contributed by atoms with van der Waals surface area (Å²) in [6.45, 7) is 2.14. The number of hydrogen-bond acceptors (Lipinski definition) is 0. The lowest BCUT2D eigenvalue weighted by Gasteiger charge is -2.31.